The van der Waals surface area contributed by atoms with Gasteiger partial charge in [-0.3, -0.25) is 19.3 Å². The monoisotopic (exact) mass is 426 g/mol. The van der Waals surface area contributed by atoms with Crippen molar-refractivity contribution in [2.24, 2.45) is 0 Å². The van der Waals surface area contributed by atoms with Gasteiger partial charge in [0.15, 0.2) is 0 Å². The van der Waals surface area contributed by atoms with Crippen molar-refractivity contribution < 1.29 is 14.4 Å². The van der Waals surface area contributed by atoms with E-state index in [0.717, 1.165) is 18.7 Å². The van der Waals surface area contributed by atoms with Crippen LogP contribution < -0.4 is 4.90 Å². The van der Waals surface area contributed by atoms with Gasteiger partial charge in [0, 0.05) is 44.5 Å². The summed E-state index contributed by atoms with van der Waals surface area (Å²) in [6, 6.07) is 8.48. The van der Waals surface area contributed by atoms with Gasteiger partial charge in [-0.05, 0) is 36.8 Å². The van der Waals surface area contributed by atoms with Crippen molar-refractivity contribution in [3.63, 3.8) is 0 Å². The first-order chi connectivity index (χ1) is 14.5. The van der Waals surface area contributed by atoms with E-state index >= 15 is 0 Å². The molecule has 3 heterocycles. The first-order valence-electron chi connectivity index (χ1n) is 10.2. The third-order valence-electron chi connectivity index (χ3n) is 5.56. The molecule has 1 aromatic carbocycles. The van der Waals surface area contributed by atoms with Gasteiger partial charge in [0.1, 0.15) is 5.82 Å². The lowest BCUT2D eigenvalue weighted by atomic mass is 10.0. The molecule has 0 bridgehead atoms. The third kappa shape index (κ3) is 3.77. The largest absolute Gasteiger partial charge is 0.353 e. The molecule has 4 rings (SSSR count). The number of piperazine rings is 1. The molecular formula is C22H23ClN4O3. The number of amides is 3. The lowest BCUT2D eigenvalue weighted by molar-refractivity contribution is 0.0651. The highest BCUT2D eigenvalue weighted by Gasteiger charge is 2.36. The smallest absolute Gasteiger partial charge is 0.261 e. The minimum absolute atomic E-state index is 0.131. The summed E-state index contributed by atoms with van der Waals surface area (Å²) >= 11 is 5.89. The summed E-state index contributed by atoms with van der Waals surface area (Å²) in [4.78, 5) is 47.6. The van der Waals surface area contributed by atoms with Crippen LogP contribution in [0.4, 0.5) is 5.82 Å². The Hall–Kier alpha value is -2.93. The van der Waals surface area contributed by atoms with Gasteiger partial charge in [0.05, 0.1) is 16.1 Å². The second kappa shape index (κ2) is 8.44. The molecule has 156 valence electrons. The van der Waals surface area contributed by atoms with Crippen molar-refractivity contribution in [1.29, 1.82) is 0 Å². The number of rotatable bonds is 5. The number of hydrogen-bond donors (Lipinski definition) is 0. The summed E-state index contributed by atoms with van der Waals surface area (Å²) in [5.41, 5.74) is 1.14. The molecule has 0 spiro atoms. The van der Waals surface area contributed by atoms with Crippen LogP contribution in [-0.4, -0.2) is 65.2 Å². The van der Waals surface area contributed by atoms with Crippen LogP contribution in [0.3, 0.4) is 0 Å². The van der Waals surface area contributed by atoms with Crippen molar-refractivity contribution in [3.8, 4) is 0 Å². The summed E-state index contributed by atoms with van der Waals surface area (Å²) in [5.74, 6) is 0.123. The first kappa shape index (κ1) is 20.3. The summed E-state index contributed by atoms with van der Waals surface area (Å²) in [6.07, 6.45) is 3.28. The highest BCUT2D eigenvalue weighted by molar-refractivity contribution is 6.30. The minimum atomic E-state index is -0.309. The van der Waals surface area contributed by atoms with Crippen molar-refractivity contribution >= 4 is 35.1 Å². The number of carbonyl (C=O) groups excluding carboxylic acids is 3. The Morgan fingerprint density at radius 3 is 2.43 bits per heavy atom. The summed E-state index contributed by atoms with van der Waals surface area (Å²) in [7, 11) is 0. The van der Waals surface area contributed by atoms with Crippen LogP contribution in [0.1, 0.15) is 50.8 Å². The number of halogens is 1. The van der Waals surface area contributed by atoms with Gasteiger partial charge in [0.25, 0.3) is 17.7 Å². The SMILES string of the molecule is CCCCN1C(=O)c2ccc(C(=O)N3CCN(c4ccc(Cl)cn4)CC3)cc2C1=O. The number of imide groups is 1. The summed E-state index contributed by atoms with van der Waals surface area (Å²) in [5, 5.41) is 0.588. The van der Waals surface area contributed by atoms with E-state index < -0.39 is 0 Å². The minimum Gasteiger partial charge on any atom is -0.353 e. The number of aromatic nitrogens is 1. The third-order valence-corrected chi connectivity index (χ3v) is 5.78. The molecule has 2 aromatic rings. The van der Waals surface area contributed by atoms with Crippen molar-refractivity contribution in [2.45, 2.75) is 19.8 Å². The van der Waals surface area contributed by atoms with Crippen LogP contribution in [0, 0.1) is 0 Å². The number of pyridine rings is 1. The van der Waals surface area contributed by atoms with Gasteiger partial charge < -0.3 is 9.80 Å². The average Bonchev–Trinajstić information content (AvgIpc) is 3.01. The van der Waals surface area contributed by atoms with Gasteiger partial charge >= 0.3 is 0 Å². The van der Waals surface area contributed by atoms with E-state index in [0.29, 0.717) is 54.4 Å². The lowest BCUT2D eigenvalue weighted by Gasteiger charge is -2.35. The van der Waals surface area contributed by atoms with Crippen LogP contribution in [0.5, 0.6) is 0 Å². The fraction of sp³-hybridized carbons (Fsp3) is 0.364. The highest BCUT2D eigenvalue weighted by atomic mass is 35.5. The number of benzene rings is 1. The highest BCUT2D eigenvalue weighted by Crippen LogP contribution is 2.25. The lowest BCUT2D eigenvalue weighted by Crippen LogP contribution is -2.49. The Morgan fingerprint density at radius 1 is 1.03 bits per heavy atom. The molecule has 30 heavy (non-hydrogen) atoms. The second-order valence-corrected chi connectivity index (χ2v) is 7.93. The van der Waals surface area contributed by atoms with Crippen molar-refractivity contribution in [1.82, 2.24) is 14.8 Å². The van der Waals surface area contributed by atoms with Crippen molar-refractivity contribution in [2.75, 3.05) is 37.6 Å². The zero-order valence-corrected chi connectivity index (χ0v) is 17.6. The fourth-order valence-corrected chi connectivity index (χ4v) is 3.93. The number of anilines is 1. The molecule has 3 amide bonds. The Bertz CT molecular complexity index is 984. The van der Waals surface area contributed by atoms with Gasteiger partial charge in [-0.25, -0.2) is 4.98 Å². The van der Waals surface area contributed by atoms with Gasteiger partial charge in [-0.15, -0.1) is 0 Å². The van der Waals surface area contributed by atoms with E-state index in [-0.39, 0.29) is 17.7 Å². The summed E-state index contributed by atoms with van der Waals surface area (Å²) < 4.78 is 0. The number of unbranched alkanes of at least 4 members (excludes halogenated alkanes) is 1. The molecule has 8 heteroatoms. The van der Waals surface area contributed by atoms with E-state index in [1.165, 1.54) is 4.90 Å². The molecule has 0 atom stereocenters. The topological polar surface area (TPSA) is 73.8 Å². The number of carbonyl (C=O) groups is 3. The van der Waals surface area contributed by atoms with Crippen molar-refractivity contribution in [3.05, 3.63) is 58.2 Å². The molecule has 1 saturated heterocycles. The Kier molecular flexibility index (Phi) is 5.72. The molecular weight excluding hydrogens is 404 g/mol. The standard InChI is InChI=1S/C22H23ClN4O3/c1-2-3-8-27-21(29)17-6-4-15(13-18(17)22(27)30)20(28)26-11-9-25(10-12-26)19-7-5-16(23)14-24-19/h4-7,13-14H,2-3,8-12H2,1H3. The zero-order chi connectivity index (χ0) is 21.3. The molecule has 1 fully saturated rings. The molecule has 7 nitrogen and oxygen atoms in total. The summed E-state index contributed by atoms with van der Waals surface area (Å²) in [6.45, 7) is 4.84. The van der Waals surface area contributed by atoms with Crippen LogP contribution >= 0.6 is 11.6 Å². The van der Waals surface area contributed by atoms with Gasteiger partial charge in [-0.1, -0.05) is 24.9 Å². The van der Waals surface area contributed by atoms with E-state index in [1.807, 2.05) is 13.0 Å². The molecule has 2 aliphatic heterocycles. The maximum absolute atomic E-state index is 13.0. The molecule has 0 radical (unpaired) electrons. The Balaban J connectivity index is 1.44. The maximum Gasteiger partial charge on any atom is 0.261 e. The Morgan fingerprint density at radius 2 is 1.77 bits per heavy atom. The zero-order valence-electron chi connectivity index (χ0n) is 16.8. The predicted octanol–water partition coefficient (Wildman–Crippen LogP) is 3.09. The van der Waals surface area contributed by atoms with E-state index in [1.54, 1.807) is 35.4 Å². The first-order valence-corrected chi connectivity index (χ1v) is 10.5. The number of hydrogen-bond acceptors (Lipinski definition) is 5. The van der Waals surface area contributed by atoms with Crippen LogP contribution in [0.2, 0.25) is 5.02 Å². The maximum atomic E-state index is 13.0. The fourth-order valence-electron chi connectivity index (χ4n) is 3.82. The molecule has 0 saturated carbocycles. The Labute approximate surface area is 180 Å². The van der Waals surface area contributed by atoms with Gasteiger partial charge in [-0.2, -0.15) is 0 Å². The van der Waals surface area contributed by atoms with E-state index in [2.05, 4.69) is 9.88 Å². The van der Waals surface area contributed by atoms with Crippen LogP contribution in [-0.2, 0) is 0 Å². The van der Waals surface area contributed by atoms with E-state index in [4.69, 9.17) is 11.6 Å². The van der Waals surface area contributed by atoms with Gasteiger partial charge in [0.2, 0.25) is 0 Å². The molecule has 1 aromatic heterocycles. The quantitative estimate of drug-likeness (QED) is 0.687. The van der Waals surface area contributed by atoms with E-state index in [9.17, 15) is 14.4 Å². The predicted molar refractivity (Wildman–Crippen MR) is 114 cm³/mol. The van der Waals surface area contributed by atoms with Crippen LogP contribution in [0.15, 0.2) is 36.5 Å². The molecule has 0 N–H and O–H groups in total. The van der Waals surface area contributed by atoms with Crippen LogP contribution in [0.25, 0.3) is 0 Å². The second-order valence-electron chi connectivity index (χ2n) is 7.49. The molecule has 0 aliphatic carbocycles. The molecule has 0 unspecified atom stereocenters. The number of nitrogens with zero attached hydrogens (tertiary/aromatic N) is 4. The average molecular weight is 427 g/mol. The number of fused-ring (bicyclic) bond motifs is 1. The molecule has 2 aliphatic rings. The normalized spacial score (nSPS) is 16.3.